The Morgan fingerprint density at radius 2 is 1.67 bits per heavy atom. The second-order valence-corrected chi connectivity index (χ2v) is 7.99. The van der Waals surface area contributed by atoms with E-state index in [0.29, 0.717) is 0 Å². The van der Waals surface area contributed by atoms with E-state index >= 15 is 0 Å². The minimum Gasteiger partial charge on any atom is -0.480 e. The van der Waals surface area contributed by atoms with Gasteiger partial charge >= 0.3 is 5.97 Å². The van der Waals surface area contributed by atoms with E-state index in [-0.39, 0.29) is 29.4 Å². The number of carboxylic acid groups (broad SMARTS) is 1. The largest absolute Gasteiger partial charge is 0.480 e. The second kappa shape index (κ2) is 9.29. The third kappa shape index (κ3) is 5.90. The van der Waals surface area contributed by atoms with Gasteiger partial charge in [0.25, 0.3) is 5.91 Å². The average molecular weight is 391 g/mol. The van der Waals surface area contributed by atoms with Crippen molar-refractivity contribution in [1.29, 1.82) is 0 Å². The lowest BCUT2D eigenvalue weighted by atomic mass is 10.1. The van der Waals surface area contributed by atoms with E-state index in [2.05, 4.69) is 0 Å². The van der Waals surface area contributed by atoms with Crippen molar-refractivity contribution in [3.63, 3.8) is 0 Å². The van der Waals surface area contributed by atoms with Crippen molar-refractivity contribution in [2.45, 2.75) is 11.4 Å². The van der Waals surface area contributed by atoms with Gasteiger partial charge in [-0.1, -0.05) is 30.3 Å². The summed E-state index contributed by atoms with van der Waals surface area (Å²) >= 11 is 0. The molecule has 0 heterocycles. The molecular formula is C19H21NO6S. The van der Waals surface area contributed by atoms with E-state index < -0.39 is 28.3 Å². The average Bonchev–Trinajstić information content (AvgIpc) is 2.66. The van der Waals surface area contributed by atoms with E-state index in [1.807, 2.05) is 6.07 Å². The van der Waals surface area contributed by atoms with Crippen LogP contribution in [0.3, 0.4) is 0 Å². The van der Waals surface area contributed by atoms with Gasteiger partial charge in [0.15, 0.2) is 9.84 Å². The molecule has 0 fully saturated rings. The van der Waals surface area contributed by atoms with Gasteiger partial charge in [0, 0.05) is 19.2 Å². The number of sulfone groups is 1. The van der Waals surface area contributed by atoms with Crippen LogP contribution in [0.1, 0.15) is 15.9 Å². The summed E-state index contributed by atoms with van der Waals surface area (Å²) in [5.41, 5.74) is 1.02. The Hall–Kier alpha value is -2.71. The maximum Gasteiger partial charge on any atom is 0.323 e. The van der Waals surface area contributed by atoms with Gasteiger partial charge in [0.2, 0.25) is 0 Å². The Labute approximate surface area is 158 Å². The molecular weight excluding hydrogens is 370 g/mol. The maximum absolute atomic E-state index is 12.7. The number of methoxy groups -OCH3 is 1. The van der Waals surface area contributed by atoms with Gasteiger partial charge in [-0.25, -0.2) is 8.42 Å². The number of carbonyl (C=O) groups excluding carboxylic acids is 1. The number of carboxylic acids is 1. The molecule has 0 aliphatic rings. The Morgan fingerprint density at radius 3 is 2.22 bits per heavy atom. The normalized spacial score (nSPS) is 11.1. The molecule has 2 rings (SSSR count). The fourth-order valence-electron chi connectivity index (χ4n) is 2.46. The van der Waals surface area contributed by atoms with E-state index in [0.717, 1.165) is 5.56 Å². The number of aliphatic carboxylic acids is 1. The van der Waals surface area contributed by atoms with Crippen molar-refractivity contribution in [2.75, 3.05) is 26.0 Å². The van der Waals surface area contributed by atoms with Crippen LogP contribution in [-0.4, -0.2) is 56.3 Å². The van der Waals surface area contributed by atoms with Crippen LogP contribution in [0.4, 0.5) is 0 Å². The summed E-state index contributed by atoms with van der Waals surface area (Å²) in [7, 11) is -2.08. The summed E-state index contributed by atoms with van der Waals surface area (Å²) in [4.78, 5) is 25.1. The molecule has 0 radical (unpaired) electrons. The molecule has 1 N–H and O–H groups in total. The molecule has 0 unspecified atom stereocenters. The highest BCUT2D eigenvalue weighted by molar-refractivity contribution is 7.91. The van der Waals surface area contributed by atoms with Crippen LogP contribution < -0.4 is 0 Å². The van der Waals surface area contributed by atoms with Gasteiger partial charge in [0.1, 0.15) is 6.54 Å². The predicted molar refractivity (Wildman–Crippen MR) is 99.2 cm³/mol. The number of ether oxygens (including phenoxy) is 1. The van der Waals surface area contributed by atoms with Gasteiger partial charge in [-0.3, -0.25) is 9.59 Å². The lowest BCUT2D eigenvalue weighted by molar-refractivity contribution is -0.137. The summed E-state index contributed by atoms with van der Waals surface area (Å²) in [6, 6.07) is 14.5. The third-order valence-corrected chi connectivity index (χ3v) is 5.54. The first-order chi connectivity index (χ1) is 12.8. The summed E-state index contributed by atoms with van der Waals surface area (Å²) in [6.45, 7) is -0.242. The SMILES string of the molecule is COCCS(=O)(=O)c1ccc(C(=O)N(CC(=O)O)Cc2ccccc2)cc1. The summed E-state index contributed by atoms with van der Waals surface area (Å²) in [5, 5.41) is 9.11. The highest BCUT2D eigenvalue weighted by Gasteiger charge is 2.20. The smallest absolute Gasteiger partial charge is 0.323 e. The molecule has 0 atom stereocenters. The van der Waals surface area contributed by atoms with Crippen molar-refractivity contribution >= 4 is 21.7 Å². The van der Waals surface area contributed by atoms with Crippen LogP contribution in [0.15, 0.2) is 59.5 Å². The fourth-order valence-corrected chi connectivity index (χ4v) is 3.64. The first-order valence-electron chi connectivity index (χ1n) is 8.20. The highest BCUT2D eigenvalue weighted by Crippen LogP contribution is 2.15. The number of carbonyl (C=O) groups is 2. The topological polar surface area (TPSA) is 101 Å². The quantitative estimate of drug-likeness (QED) is 0.700. The van der Waals surface area contributed by atoms with Crippen molar-refractivity contribution in [3.8, 4) is 0 Å². The zero-order valence-electron chi connectivity index (χ0n) is 14.9. The molecule has 7 nitrogen and oxygen atoms in total. The Bertz CT molecular complexity index is 878. The number of hydrogen-bond acceptors (Lipinski definition) is 5. The monoisotopic (exact) mass is 391 g/mol. The number of rotatable bonds is 9. The predicted octanol–water partition coefficient (Wildman–Crippen LogP) is 1.83. The molecule has 0 bridgehead atoms. The molecule has 0 aliphatic carbocycles. The summed E-state index contributed by atoms with van der Waals surface area (Å²) in [6.07, 6.45) is 0. The maximum atomic E-state index is 12.7. The van der Waals surface area contributed by atoms with Crippen LogP contribution in [0.2, 0.25) is 0 Å². The van der Waals surface area contributed by atoms with Crippen molar-refractivity contribution in [3.05, 3.63) is 65.7 Å². The van der Waals surface area contributed by atoms with Gasteiger partial charge < -0.3 is 14.7 Å². The van der Waals surface area contributed by atoms with E-state index in [1.165, 1.54) is 36.3 Å². The number of hydrogen-bond donors (Lipinski definition) is 1. The van der Waals surface area contributed by atoms with Gasteiger partial charge in [-0.05, 0) is 29.8 Å². The zero-order valence-corrected chi connectivity index (χ0v) is 15.7. The summed E-state index contributed by atoms with van der Waals surface area (Å²) in [5.74, 6) is -1.77. The molecule has 2 aromatic rings. The van der Waals surface area contributed by atoms with Crippen molar-refractivity contribution in [2.24, 2.45) is 0 Å². The fraction of sp³-hybridized carbons (Fsp3) is 0.263. The molecule has 1 amide bonds. The summed E-state index contributed by atoms with van der Waals surface area (Å²) < 4.78 is 29.1. The van der Waals surface area contributed by atoms with Crippen LogP contribution >= 0.6 is 0 Å². The zero-order chi connectivity index (χ0) is 19.9. The van der Waals surface area contributed by atoms with E-state index in [1.54, 1.807) is 24.3 Å². The lowest BCUT2D eigenvalue weighted by Gasteiger charge is -2.21. The lowest BCUT2D eigenvalue weighted by Crippen LogP contribution is -2.35. The van der Waals surface area contributed by atoms with E-state index in [4.69, 9.17) is 9.84 Å². The molecule has 0 saturated heterocycles. The van der Waals surface area contributed by atoms with E-state index in [9.17, 15) is 18.0 Å². The number of benzene rings is 2. The Balaban J connectivity index is 2.20. The first-order valence-corrected chi connectivity index (χ1v) is 9.85. The van der Waals surface area contributed by atoms with Gasteiger partial charge in [-0.15, -0.1) is 0 Å². The van der Waals surface area contributed by atoms with Crippen LogP contribution in [-0.2, 0) is 25.9 Å². The third-order valence-electron chi connectivity index (χ3n) is 3.85. The number of amides is 1. The van der Waals surface area contributed by atoms with Crippen LogP contribution in [0.25, 0.3) is 0 Å². The van der Waals surface area contributed by atoms with Crippen molar-refractivity contribution < 1.29 is 27.9 Å². The van der Waals surface area contributed by atoms with Gasteiger partial charge in [0.05, 0.1) is 17.3 Å². The minimum absolute atomic E-state index is 0.0759. The molecule has 144 valence electrons. The molecule has 8 heteroatoms. The molecule has 0 aliphatic heterocycles. The van der Waals surface area contributed by atoms with Crippen molar-refractivity contribution in [1.82, 2.24) is 4.90 Å². The molecule has 0 spiro atoms. The Morgan fingerprint density at radius 1 is 1.04 bits per heavy atom. The second-order valence-electron chi connectivity index (χ2n) is 5.88. The molecule has 0 saturated carbocycles. The van der Waals surface area contributed by atoms with Crippen LogP contribution in [0.5, 0.6) is 0 Å². The minimum atomic E-state index is -3.50. The Kier molecular flexibility index (Phi) is 7.09. The molecule has 27 heavy (non-hydrogen) atoms. The first kappa shape index (κ1) is 20.6. The molecule has 0 aromatic heterocycles. The molecule has 2 aromatic carbocycles. The van der Waals surface area contributed by atoms with Gasteiger partial charge in [-0.2, -0.15) is 0 Å². The standard InChI is InChI=1S/C19H21NO6S/c1-26-11-12-27(24,25)17-9-7-16(8-10-17)19(23)20(14-18(21)22)13-15-5-3-2-4-6-15/h2-10H,11-14H2,1H3,(H,21,22). The number of nitrogens with zero attached hydrogens (tertiary/aromatic N) is 1. The van der Waals surface area contributed by atoms with Crippen LogP contribution in [0, 0.1) is 0 Å². The highest BCUT2D eigenvalue weighted by atomic mass is 32.2.